The van der Waals surface area contributed by atoms with Crippen molar-refractivity contribution in [2.45, 2.75) is 99.1 Å². The number of aromatic hydroxyl groups is 3. The van der Waals surface area contributed by atoms with Crippen LogP contribution in [0.15, 0.2) is 36.1 Å². The van der Waals surface area contributed by atoms with E-state index in [1.54, 1.807) is 46.8 Å². The highest BCUT2D eigenvalue weighted by Crippen LogP contribution is 2.55. The molecule has 3 aliphatic rings. The van der Waals surface area contributed by atoms with E-state index in [-0.39, 0.29) is 51.0 Å². The lowest BCUT2D eigenvalue weighted by atomic mass is 9.78. The number of amides is 1. The first-order chi connectivity index (χ1) is 24.9. The molecule has 0 aliphatic carbocycles. The van der Waals surface area contributed by atoms with Crippen LogP contribution in [0, 0.1) is 30.6 Å². The number of allylic oxidation sites excluding steroid dienone is 2. The molecule has 3 heterocycles. The quantitative estimate of drug-likeness (QED) is 0.160. The maximum absolute atomic E-state index is 14.3. The van der Waals surface area contributed by atoms with E-state index < -0.39 is 82.8 Å². The molecule has 0 fully saturated rings. The number of hydrogen-bond donors (Lipinski definition) is 7. The van der Waals surface area contributed by atoms with Gasteiger partial charge in [-0.2, -0.15) is 0 Å². The van der Waals surface area contributed by atoms with Gasteiger partial charge in [0.1, 0.15) is 17.2 Å². The number of aliphatic hydroxyl groups excluding tert-OH is 3. The summed E-state index contributed by atoms with van der Waals surface area (Å²) in [6.45, 7) is 16.3. The number of benzene rings is 2. The molecule has 5 rings (SSSR count). The first-order valence-electron chi connectivity index (χ1n) is 18.2. The van der Waals surface area contributed by atoms with Crippen molar-refractivity contribution in [2.24, 2.45) is 23.7 Å². The van der Waals surface area contributed by atoms with E-state index in [9.17, 15) is 40.2 Å². The van der Waals surface area contributed by atoms with Crippen LogP contribution in [0.3, 0.4) is 0 Å². The van der Waals surface area contributed by atoms with Gasteiger partial charge in [-0.05, 0) is 33.0 Å². The fraction of sp³-hybridized carbons (Fsp3) is 0.550. The molecule has 53 heavy (non-hydrogen) atoms. The van der Waals surface area contributed by atoms with E-state index in [4.69, 9.17) is 14.2 Å². The highest BCUT2D eigenvalue weighted by Gasteiger charge is 2.50. The van der Waals surface area contributed by atoms with E-state index in [1.807, 2.05) is 18.7 Å². The van der Waals surface area contributed by atoms with Crippen molar-refractivity contribution >= 4 is 28.2 Å². The number of Topliss-reactive ketones (excluding diaryl/α,β-unsaturated/α-hetero) is 1. The number of nitrogens with one attached hydrogen (secondary N) is 1. The number of carbonyl (C=O) groups excluding carboxylic acids is 2. The molecule has 0 saturated heterocycles. The number of phenolic OH excluding ortho intramolecular Hbond substituents is 3. The lowest BCUT2D eigenvalue weighted by Crippen LogP contribution is -2.44. The van der Waals surface area contributed by atoms with Gasteiger partial charge in [-0.15, -0.1) is 0 Å². The summed E-state index contributed by atoms with van der Waals surface area (Å²) in [5, 5.41) is 71.3. The Morgan fingerprint density at radius 1 is 0.868 bits per heavy atom. The third-order valence-electron chi connectivity index (χ3n) is 11.1. The number of anilines is 1. The lowest BCUT2D eigenvalue weighted by molar-refractivity contribution is -0.112. The van der Waals surface area contributed by atoms with Gasteiger partial charge < -0.3 is 50.2 Å². The number of carbonyl (C=O) groups is 2. The maximum Gasteiger partial charge on any atom is 0.312 e. The second kappa shape index (κ2) is 16.5. The number of hydrogen-bond acceptors (Lipinski definition) is 12. The SMILES string of the molecule is CCN(CC)Cc1c2c(O)c3c(O)c(C)c4c(c3c1O)C(=O)[C@@](C)(O/C=C/[C@H](OC)[C@@H](C)[C@@H](O)[C@H](C)[C@@H](O)[C@H](C)[C@@H](O)[C@H](C)/C=C/C=C(/C)C(=O)N2)O4. The van der Waals surface area contributed by atoms with E-state index in [2.05, 4.69) is 5.32 Å². The van der Waals surface area contributed by atoms with Gasteiger partial charge in [0.2, 0.25) is 0 Å². The second-order valence-corrected chi connectivity index (χ2v) is 14.6. The number of phenols is 3. The van der Waals surface area contributed by atoms with Crippen LogP contribution >= 0.6 is 0 Å². The molecule has 7 N–H and O–H groups in total. The van der Waals surface area contributed by atoms with Gasteiger partial charge in [0.25, 0.3) is 11.7 Å². The van der Waals surface area contributed by atoms with Crippen LogP contribution in [0.25, 0.3) is 10.8 Å². The van der Waals surface area contributed by atoms with E-state index in [0.717, 1.165) is 0 Å². The van der Waals surface area contributed by atoms with Crippen LogP contribution in [0.1, 0.15) is 76.9 Å². The van der Waals surface area contributed by atoms with Crippen molar-refractivity contribution in [3.8, 4) is 23.0 Å². The minimum Gasteiger partial charge on any atom is -0.507 e. The third kappa shape index (κ3) is 7.76. The molecule has 0 aromatic heterocycles. The Hall–Kier alpha value is -4.14. The zero-order valence-corrected chi connectivity index (χ0v) is 32.3. The molecule has 3 aliphatic heterocycles. The molecular weight excluding hydrogens is 684 g/mol. The number of ketones is 1. The number of methoxy groups -OCH3 is 1. The van der Waals surface area contributed by atoms with Crippen molar-refractivity contribution in [1.29, 1.82) is 0 Å². The molecule has 0 unspecified atom stereocenters. The van der Waals surface area contributed by atoms with Crippen LogP contribution in [-0.4, -0.2) is 97.6 Å². The number of nitrogens with zero attached hydrogens (tertiary/aromatic N) is 1. The highest BCUT2D eigenvalue weighted by molar-refractivity contribution is 6.22. The Morgan fingerprint density at radius 2 is 1.47 bits per heavy atom. The molecule has 0 radical (unpaired) electrons. The third-order valence-corrected chi connectivity index (χ3v) is 11.1. The fourth-order valence-electron chi connectivity index (χ4n) is 7.22. The van der Waals surface area contributed by atoms with Crippen LogP contribution in [-0.2, 0) is 20.8 Å². The Bertz CT molecular complexity index is 1800. The monoisotopic (exact) mass is 740 g/mol. The average Bonchev–Trinajstić information content (AvgIpc) is 3.40. The first kappa shape index (κ1) is 41.6. The van der Waals surface area contributed by atoms with Crippen LogP contribution in [0.5, 0.6) is 23.0 Å². The first-order valence-corrected chi connectivity index (χ1v) is 18.2. The molecule has 0 saturated carbocycles. The molecule has 292 valence electrons. The highest BCUT2D eigenvalue weighted by atomic mass is 16.7. The molecule has 13 heteroatoms. The summed E-state index contributed by atoms with van der Waals surface area (Å²) in [7, 11) is 1.44. The van der Waals surface area contributed by atoms with Crippen LogP contribution < -0.4 is 10.1 Å². The van der Waals surface area contributed by atoms with E-state index in [1.165, 1.54) is 39.4 Å². The minimum absolute atomic E-state index is 0.0484. The van der Waals surface area contributed by atoms with Crippen molar-refractivity contribution in [3.63, 3.8) is 0 Å². The maximum atomic E-state index is 14.3. The fourth-order valence-corrected chi connectivity index (χ4v) is 7.22. The summed E-state index contributed by atoms with van der Waals surface area (Å²) in [5.74, 6) is -7.16. The Kier molecular flexibility index (Phi) is 12.9. The summed E-state index contributed by atoms with van der Waals surface area (Å²) < 4.78 is 17.6. The standard InChI is InChI=1S/C40H56N2O11/c1-11-42(12-2)18-25-30-36(48)28-27(35(25)47)29-37(24(8)34(28)46)53-40(9,38(29)49)52-17-16-26(51-10)21(5)32(44)23(7)33(45)22(6)31(43)19(3)14-13-15-20(4)39(50)41-30/h13-17,19,21-23,26,31-33,43-48H,11-12,18H2,1-10H3,(H,41,50)/b14-13+,17-16+,20-15-/t19-,21-,22-,23+,26+,31+,32-,33+,40+/m1/s1. The van der Waals surface area contributed by atoms with Gasteiger partial charge in [0.15, 0.2) is 5.75 Å². The minimum atomic E-state index is -1.98. The predicted molar refractivity (Wildman–Crippen MR) is 201 cm³/mol. The molecule has 2 aromatic carbocycles. The van der Waals surface area contributed by atoms with Crippen molar-refractivity contribution in [3.05, 3.63) is 52.8 Å². The van der Waals surface area contributed by atoms with E-state index >= 15 is 0 Å². The Balaban J connectivity index is 1.97. The molecule has 13 nitrogen and oxygen atoms in total. The van der Waals surface area contributed by atoms with Gasteiger partial charge in [-0.3, -0.25) is 14.5 Å². The number of rotatable bonds is 5. The summed E-state index contributed by atoms with van der Waals surface area (Å²) in [6, 6.07) is 0. The normalized spacial score (nSPS) is 32.3. The summed E-state index contributed by atoms with van der Waals surface area (Å²) in [4.78, 5) is 29.8. The predicted octanol–water partition coefficient (Wildman–Crippen LogP) is 5.03. The smallest absolute Gasteiger partial charge is 0.312 e. The average molecular weight is 741 g/mol. The Labute approximate surface area is 311 Å². The van der Waals surface area contributed by atoms with Gasteiger partial charge in [0.05, 0.1) is 47.3 Å². The molecule has 0 spiro atoms. The van der Waals surface area contributed by atoms with Gasteiger partial charge >= 0.3 is 5.79 Å². The second-order valence-electron chi connectivity index (χ2n) is 14.6. The largest absolute Gasteiger partial charge is 0.507 e. The summed E-state index contributed by atoms with van der Waals surface area (Å²) in [5.41, 5.74) is 0.177. The molecular formula is C40H56N2O11. The van der Waals surface area contributed by atoms with Crippen molar-refractivity contribution in [1.82, 2.24) is 4.90 Å². The number of aliphatic hydroxyl groups is 3. The molecule has 5 bridgehead atoms. The molecule has 9 atom stereocenters. The summed E-state index contributed by atoms with van der Waals surface area (Å²) in [6.07, 6.45) is 3.62. The van der Waals surface area contributed by atoms with Crippen molar-refractivity contribution in [2.75, 3.05) is 25.5 Å². The summed E-state index contributed by atoms with van der Waals surface area (Å²) >= 11 is 0. The lowest BCUT2D eigenvalue weighted by Gasteiger charge is -2.36. The zero-order valence-electron chi connectivity index (χ0n) is 32.3. The molecule has 1 amide bonds. The van der Waals surface area contributed by atoms with Crippen LogP contribution in [0.2, 0.25) is 0 Å². The van der Waals surface area contributed by atoms with Gasteiger partial charge in [-0.1, -0.05) is 59.8 Å². The molecule has 2 aromatic rings. The Morgan fingerprint density at radius 3 is 2.08 bits per heavy atom. The van der Waals surface area contributed by atoms with E-state index in [0.29, 0.717) is 13.1 Å². The van der Waals surface area contributed by atoms with Gasteiger partial charge in [-0.25, -0.2) is 0 Å². The van der Waals surface area contributed by atoms with Gasteiger partial charge in [0, 0.05) is 66.3 Å². The number of fused-ring (bicyclic) bond motifs is 14. The van der Waals surface area contributed by atoms with Crippen LogP contribution in [0.4, 0.5) is 5.69 Å². The van der Waals surface area contributed by atoms with Crippen molar-refractivity contribution < 1.29 is 54.4 Å². The number of ether oxygens (including phenoxy) is 3. The topological polar surface area (TPSA) is 198 Å². The zero-order chi connectivity index (χ0) is 39.7.